The number of benzene rings is 3. The van der Waals surface area contributed by atoms with Gasteiger partial charge in [-0.15, -0.1) is 0 Å². The topological polar surface area (TPSA) is 70.6 Å². The molecule has 10 heteroatoms. The lowest BCUT2D eigenvalue weighted by Crippen LogP contribution is -2.44. The Balaban J connectivity index is 1.37. The van der Waals surface area contributed by atoms with Crippen LogP contribution >= 0.6 is 34.5 Å². The Morgan fingerprint density at radius 1 is 0.972 bits per heavy atom. The molecule has 1 aliphatic heterocycles. The number of anilines is 1. The van der Waals surface area contributed by atoms with E-state index in [-0.39, 0.29) is 29.8 Å². The predicted octanol–water partition coefficient (Wildman–Crippen LogP) is 6.24. The van der Waals surface area contributed by atoms with E-state index in [9.17, 15) is 13.2 Å². The van der Waals surface area contributed by atoms with Crippen molar-refractivity contribution in [2.75, 3.05) is 18.0 Å². The number of fused-ring (bicyclic) bond motifs is 1. The Morgan fingerprint density at radius 3 is 2.33 bits per heavy atom. The van der Waals surface area contributed by atoms with E-state index in [2.05, 4.69) is 0 Å². The van der Waals surface area contributed by atoms with Gasteiger partial charge in [-0.2, -0.15) is 4.31 Å². The summed E-state index contributed by atoms with van der Waals surface area (Å²) in [7, 11) is -3.65. The first kappa shape index (κ1) is 25.2. The van der Waals surface area contributed by atoms with Crippen molar-refractivity contribution in [3.8, 4) is 0 Å². The number of carbonyl (C=O) groups excluding carboxylic acids is 1. The van der Waals surface area contributed by atoms with Gasteiger partial charge in [-0.25, -0.2) is 13.4 Å². The van der Waals surface area contributed by atoms with Gasteiger partial charge in [-0.1, -0.05) is 70.9 Å². The number of aromatic nitrogens is 1. The number of sulfonamides is 1. The first-order chi connectivity index (χ1) is 17.3. The highest BCUT2D eigenvalue weighted by atomic mass is 35.5. The second-order valence-corrected chi connectivity index (χ2v) is 12.4. The van der Waals surface area contributed by atoms with Gasteiger partial charge in [0.1, 0.15) is 5.52 Å². The van der Waals surface area contributed by atoms with Crippen molar-refractivity contribution >= 4 is 65.8 Å². The number of nitrogens with zero attached hydrogens (tertiary/aromatic N) is 3. The predicted molar refractivity (Wildman–Crippen MR) is 145 cm³/mol. The Kier molecular flexibility index (Phi) is 7.32. The SMILES string of the molecule is O=C(C1CCN(S(=O)(=O)c2ccc(Cl)cc2)CC1)N(Cc1ccccc1)c1nc2c(Cl)cccc2s1. The molecular weight excluding hydrogens is 537 g/mol. The average Bonchev–Trinajstić information content (AvgIpc) is 3.33. The van der Waals surface area contributed by atoms with E-state index in [0.29, 0.717) is 40.1 Å². The maximum atomic E-state index is 13.8. The van der Waals surface area contributed by atoms with Gasteiger partial charge < -0.3 is 0 Å². The zero-order valence-electron chi connectivity index (χ0n) is 19.2. The fraction of sp³-hybridized carbons (Fsp3) is 0.231. The number of halogens is 2. The number of thiazole rings is 1. The molecule has 0 spiro atoms. The van der Waals surface area contributed by atoms with Crippen LogP contribution in [-0.2, 0) is 21.4 Å². The lowest BCUT2D eigenvalue weighted by molar-refractivity contribution is -0.123. The van der Waals surface area contributed by atoms with Crippen LogP contribution in [-0.4, -0.2) is 36.7 Å². The number of amides is 1. The van der Waals surface area contributed by atoms with E-state index >= 15 is 0 Å². The molecule has 0 N–H and O–H groups in total. The second-order valence-electron chi connectivity index (χ2n) is 8.63. The zero-order valence-corrected chi connectivity index (χ0v) is 22.3. The summed E-state index contributed by atoms with van der Waals surface area (Å²) >= 11 is 13.7. The molecule has 0 bridgehead atoms. The molecule has 1 saturated heterocycles. The van der Waals surface area contributed by atoms with Gasteiger partial charge in [0.05, 0.1) is 21.2 Å². The van der Waals surface area contributed by atoms with E-state index in [1.54, 1.807) is 23.1 Å². The zero-order chi connectivity index (χ0) is 25.3. The molecule has 4 aromatic rings. The Morgan fingerprint density at radius 2 is 1.67 bits per heavy atom. The van der Waals surface area contributed by atoms with Crippen LogP contribution in [0.4, 0.5) is 5.13 Å². The van der Waals surface area contributed by atoms with Gasteiger partial charge in [0, 0.05) is 24.0 Å². The fourth-order valence-electron chi connectivity index (χ4n) is 4.34. The van der Waals surface area contributed by atoms with Gasteiger partial charge >= 0.3 is 0 Å². The maximum absolute atomic E-state index is 13.8. The van der Waals surface area contributed by atoms with Crippen LogP contribution in [0.15, 0.2) is 77.7 Å². The van der Waals surface area contributed by atoms with E-state index in [4.69, 9.17) is 28.2 Å². The highest BCUT2D eigenvalue weighted by molar-refractivity contribution is 7.89. The van der Waals surface area contributed by atoms with E-state index in [0.717, 1.165) is 10.3 Å². The Hall–Kier alpha value is -2.49. The van der Waals surface area contributed by atoms with Gasteiger partial charge in [0.2, 0.25) is 15.9 Å². The number of para-hydroxylation sites is 1. The van der Waals surface area contributed by atoms with Crippen LogP contribution in [0, 0.1) is 5.92 Å². The van der Waals surface area contributed by atoms with Crippen LogP contribution in [0.1, 0.15) is 18.4 Å². The number of piperidine rings is 1. The van der Waals surface area contributed by atoms with Gasteiger partial charge in [0.25, 0.3) is 0 Å². The molecule has 1 fully saturated rings. The van der Waals surface area contributed by atoms with Crippen LogP contribution in [0.25, 0.3) is 10.2 Å². The second kappa shape index (κ2) is 10.5. The van der Waals surface area contributed by atoms with Crippen LogP contribution in [0.2, 0.25) is 10.0 Å². The molecule has 3 aromatic carbocycles. The first-order valence-electron chi connectivity index (χ1n) is 11.5. The van der Waals surface area contributed by atoms with Gasteiger partial charge in [-0.3, -0.25) is 9.69 Å². The molecule has 36 heavy (non-hydrogen) atoms. The van der Waals surface area contributed by atoms with Crippen molar-refractivity contribution < 1.29 is 13.2 Å². The smallest absolute Gasteiger partial charge is 0.243 e. The normalized spacial score (nSPS) is 15.3. The minimum atomic E-state index is -3.65. The summed E-state index contributed by atoms with van der Waals surface area (Å²) in [6.07, 6.45) is 0.866. The molecule has 6 nitrogen and oxygen atoms in total. The highest BCUT2D eigenvalue weighted by Gasteiger charge is 2.35. The van der Waals surface area contributed by atoms with Crippen molar-refractivity contribution in [1.29, 1.82) is 0 Å². The molecular formula is C26H23Cl2N3O3S2. The standard InChI is InChI=1S/C26H23Cl2N3O3S2/c27-20-9-11-21(12-10-20)36(33,34)30-15-13-19(14-16-30)25(32)31(17-18-5-2-1-3-6-18)26-29-24-22(28)7-4-8-23(24)35-26/h1-12,19H,13-17H2. The summed E-state index contributed by atoms with van der Waals surface area (Å²) < 4.78 is 28.5. The monoisotopic (exact) mass is 559 g/mol. The Bertz CT molecular complexity index is 1480. The van der Waals surface area contributed by atoms with Crippen LogP contribution < -0.4 is 4.90 Å². The summed E-state index contributed by atoms with van der Waals surface area (Å²) in [6.45, 7) is 0.916. The molecule has 1 aromatic heterocycles. The average molecular weight is 561 g/mol. The summed E-state index contributed by atoms with van der Waals surface area (Å²) in [5.74, 6) is -0.370. The molecule has 0 saturated carbocycles. The molecule has 0 atom stereocenters. The third kappa shape index (κ3) is 5.14. The third-order valence-electron chi connectivity index (χ3n) is 6.29. The fourth-order valence-corrected chi connectivity index (χ4v) is 7.21. The summed E-state index contributed by atoms with van der Waals surface area (Å²) in [4.78, 5) is 20.4. The number of hydrogen-bond donors (Lipinski definition) is 0. The minimum Gasteiger partial charge on any atom is -0.283 e. The van der Waals surface area contributed by atoms with E-state index < -0.39 is 10.0 Å². The quantitative estimate of drug-likeness (QED) is 0.280. The lowest BCUT2D eigenvalue weighted by Gasteiger charge is -2.33. The summed E-state index contributed by atoms with van der Waals surface area (Å²) in [5.41, 5.74) is 1.66. The molecule has 1 aliphatic rings. The minimum absolute atomic E-state index is 0.0578. The molecule has 186 valence electrons. The third-order valence-corrected chi connectivity index (χ3v) is 9.81. The molecule has 0 unspecified atom stereocenters. The molecule has 0 radical (unpaired) electrons. The van der Waals surface area contributed by atoms with Crippen molar-refractivity contribution in [3.63, 3.8) is 0 Å². The van der Waals surface area contributed by atoms with Crippen LogP contribution in [0.5, 0.6) is 0 Å². The van der Waals surface area contributed by atoms with Gasteiger partial charge in [0.15, 0.2) is 5.13 Å². The molecule has 1 amide bonds. The maximum Gasteiger partial charge on any atom is 0.243 e. The van der Waals surface area contributed by atoms with Crippen molar-refractivity contribution in [1.82, 2.24) is 9.29 Å². The molecule has 0 aliphatic carbocycles. The molecule has 2 heterocycles. The highest BCUT2D eigenvalue weighted by Crippen LogP contribution is 2.35. The largest absolute Gasteiger partial charge is 0.283 e. The van der Waals surface area contributed by atoms with Gasteiger partial charge in [-0.05, 0) is 54.8 Å². The number of hydrogen-bond acceptors (Lipinski definition) is 5. The van der Waals surface area contributed by atoms with Crippen molar-refractivity contribution in [3.05, 3.63) is 88.4 Å². The van der Waals surface area contributed by atoms with E-state index in [1.165, 1.54) is 27.8 Å². The lowest BCUT2D eigenvalue weighted by atomic mass is 9.96. The van der Waals surface area contributed by atoms with Crippen molar-refractivity contribution in [2.24, 2.45) is 5.92 Å². The first-order valence-corrected chi connectivity index (χ1v) is 14.5. The molecule has 5 rings (SSSR count). The number of rotatable bonds is 6. The number of carbonyl (C=O) groups is 1. The Labute approximate surface area is 224 Å². The van der Waals surface area contributed by atoms with E-state index in [1.807, 2.05) is 42.5 Å². The van der Waals surface area contributed by atoms with Crippen LogP contribution in [0.3, 0.4) is 0 Å². The summed E-state index contributed by atoms with van der Waals surface area (Å²) in [6, 6.07) is 21.5. The summed E-state index contributed by atoms with van der Waals surface area (Å²) in [5, 5.41) is 1.61. The van der Waals surface area contributed by atoms with Crippen molar-refractivity contribution in [2.45, 2.75) is 24.3 Å².